The van der Waals surface area contributed by atoms with E-state index < -0.39 is 17.9 Å². The third-order valence-corrected chi connectivity index (χ3v) is 3.84. The highest BCUT2D eigenvalue weighted by molar-refractivity contribution is 5.90. The van der Waals surface area contributed by atoms with Crippen molar-refractivity contribution in [2.24, 2.45) is 5.73 Å². The van der Waals surface area contributed by atoms with E-state index in [9.17, 15) is 14.4 Å². The Kier molecular flexibility index (Phi) is 10.5. The standard InChI is InChI=1S/C18H27N3O6/c19-15(18(24)25)11-12-27-14-9-7-13(8-10-14)20-16(22)5-3-1-2-4-6-17(23)21-26/h7-10,15,26H,1-6,11-12,19H2,(H,20,22)(H,21,23)(H,24,25). The Hall–Kier alpha value is -2.65. The molecule has 1 unspecified atom stereocenters. The summed E-state index contributed by atoms with van der Waals surface area (Å²) in [6, 6.07) is 5.84. The van der Waals surface area contributed by atoms with Crippen molar-refractivity contribution in [3.63, 3.8) is 0 Å². The Morgan fingerprint density at radius 1 is 1.00 bits per heavy atom. The smallest absolute Gasteiger partial charge is 0.320 e. The molecular formula is C18H27N3O6. The molecule has 0 fully saturated rings. The number of ether oxygens (including phenoxy) is 1. The van der Waals surface area contributed by atoms with E-state index in [0.29, 0.717) is 24.3 Å². The number of carboxylic acids is 1. The zero-order valence-electron chi connectivity index (χ0n) is 15.1. The van der Waals surface area contributed by atoms with Crippen molar-refractivity contribution in [2.75, 3.05) is 11.9 Å². The van der Waals surface area contributed by atoms with Crippen molar-refractivity contribution in [1.82, 2.24) is 5.48 Å². The van der Waals surface area contributed by atoms with E-state index in [2.05, 4.69) is 5.32 Å². The predicted octanol–water partition coefficient (Wildman–Crippen LogP) is 1.65. The summed E-state index contributed by atoms with van der Waals surface area (Å²) in [5.41, 5.74) is 7.62. The molecule has 0 aliphatic carbocycles. The summed E-state index contributed by atoms with van der Waals surface area (Å²) >= 11 is 0. The van der Waals surface area contributed by atoms with Gasteiger partial charge in [0.15, 0.2) is 0 Å². The number of anilines is 1. The Labute approximate surface area is 157 Å². The van der Waals surface area contributed by atoms with Gasteiger partial charge >= 0.3 is 5.97 Å². The van der Waals surface area contributed by atoms with Crippen LogP contribution in [0.4, 0.5) is 5.69 Å². The first-order valence-electron chi connectivity index (χ1n) is 8.86. The first kappa shape index (κ1) is 22.4. The van der Waals surface area contributed by atoms with Gasteiger partial charge < -0.3 is 20.9 Å². The number of carbonyl (C=O) groups is 3. The fourth-order valence-electron chi connectivity index (χ4n) is 2.27. The normalized spacial score (nSPS) is 11.5. The van der Waals surface area contributed by atoms with Crippen molar-refractivity contribution in [3.8, 4) is 5.75 Å². The Morgan fingerprint density at radius 3 is 2.15 bits per heavy atom. The number of rotatable bonds is 13. The van der Waals surface area contributed by atoms with Gasteiger partial charge in [0.25, 0.3) is 0 Å². The van der Waals surface area contributed by atoms with E-state index >= 15 is 0 Å². The molecule has 0 saturated carbocycles. The van der Waals surface area contributed by atoms with Gasteiger partial charge in [0.1, 0.15) is 11.8 Å². The van der Waals surface area contributed by atoms with Crippen molar-refractivity contribution in [2.45, 2.75) is 51.0 Å². The lowest BCUT2D eigenvalue weighted by atomic mass is 10.1. The fourth-order valence-corrected chi connectivity index (χ4v) is 2.27. The molecule has 0 aromatic heterocycles. The highest BCUT2D eigenvalue weighted by Crippen LogP contribution is 2.16. The van der Waals surface area contributed by atoms with E-state index in [1.807, 2.05) is 0 Å². The Balaban J connectivity index is 2.19. The lowest BCUT2D eigenvalue weighted by Crippen LogP contribution is -2.31. The first-order chi connectivity index (χ1) is 12.9. The third-order valence-electron chi connectivity index (χ3n) is 3.84. The minimum Gasteiger partial charge on any atom is -0.494 e. The van der Waals surface area contributed by atoms with Gasteiger partial charge in [0, 0.05) is 24.9 Å². The highest BCUT2D eigenvalue weighted by Gasteiger charge is 2.11. The minimum absolute atomic E-state index is 0.0933. The molecule has 1 rings (SSSR count). The summed E-state index contributed by atoms with van der Waals surface area (Å²) in [5.74, 6) is -0.987. The average molecular weight is 381 g/mol. The van der Waals surface area contributed by atoms with Crippen LogP contribution < -0.4 is 21.3 Å². The highest BCUT2D eigenvalue weighted by atomic mass is 16.5. The number of hydrogen-bond donors (Lipinski definition) is 5. The van der Waals surface area contributed by atoms with Gasteiger partial charge in [-0.2, -0.15) is 0 Å². The van der Waals surface area contributed by atoms with Crippen LogP contribution >= 0.6 is 0 Å². The molecule has 150 valence electrons. The number of hydrogen-bond acceptors (Lipinski definition) is 6. The number of unbranched alkanes of at least 4 members (excludes halogenated alkanes) is 3. The summed E-state index contributed by atoms with van der Waals surface area (Å²) in [4.78, 5) is 33.3. The average Bonchev–Trinajstić information content (AvgIpc) is 2.65. The van der Waals surface area contributed by atoms with E-state index in [1.165, 1.54) is 0 Å². The van der Waals surface area contributed by atoms with Crippen LogP contribution in [0, 0.1) is 0 Å². The lowest BCUT2D eigenvalue weighted by molar-refractivity contribution is -0.138. The maximum absolute atomic E-state index is 11.9. The van der Waals surface area contributed by atoms with Gasteiger partial charge in [0.05, 0.1) is 6.61 Å². The molecule has 0 aliphatic rings. The molecule has 0 saturated heterocycles. The van der Waals surface area contributed by atoms with Crippen molar-refractivity contribution >= 4 is 23.5 Å². The van der Waals surface area contributed by atoms with Crippen LogP contribution in [-0.2, 0) is 14.4 Å². The first-order valence-corrected chi connectivity index (χ1v) is 8.86. The van der Waals surface area contributed by atoms with Crippen LogP contribution in [0.2, 0.25) is 0 Å². The van der Waals surface area contributed by atoms with Gasteiger partial charge in [-0.25, -0.2) is 5.48 Å². The van der Waals surface area contributed by atoms with Crippen LogP contribution in [0.5, 0.6) is 5.75 Å². The molecule has 0 aliphatic heterocycles. The van der Waals surface area contributed by atoms with Gasteiger partial charge in [-0.1, -0.05) is 12.8 Å². The number of nitrogens with two attached hydrogens (primary N) is 1. The molecule has 6 N–H and O–H groups in total. The molecule has 9 nitrogen and oxygen atoms in total. The number of amides is 2. The zero-order chi connectivity index (χ0) is 20.1. The van der Waals surface area contributed by atoms with Crippen LogP contribution in [0.3, 0.4) is 0 Å². The molecule has 0 heterocycles. The van der Waals surface area contributed by atoms with E-state index in [1.54, 1.807) is 29.7 Å². The monoisotopic (exact) mass is 381 g/mol. The summed E-state index contributed by atoms with van der Waals surface area (Å²) in [6.45, 7) is 0.194. The number of nitrogens with one attached hydrogen (secondary N) is 2. The minimum atomic E-state index is -1.06. The van der Waals surface area contributed by atoms with Crippen molar-refractivity contribution in [1.29, 1.82) is 0 Å². The maximum atomic E-state index is 11.9. The van der Waals surface area contributed by atoms with Gasteiger partial charge in [-0.3, -0.25) is 19.6 Å². The second kappa shape index (κ2) is 12.7. The second-order valence-electron chi connectivity index (χ2n) is 6.10. The number of benzene rings is 1. The van der Waals surface area contributed by atoms with Crippen molar-refractivity contribution < 1.29 is 29.4 Å². The molecular weight excluding hydrogens is 354 g/mol. The van der Waals surface area contributed by atoms with Gasteiger partial charge in [-0.05, 0) is 37.1 Å². The topological polar surface area (TPSA) is 151 Å². The maximum Gasteiger partial charge on any atom is 0.320 e. The molecule has 1 aromatic carbocycles. The summed E-state index contributed by atoms with van der Waals surface area (Å²) in [5, 5.41) is 19.8. The van der Waals surface area contributed by atoms with Crippen molar-refractivity contribution in [3.05, 3.63) is 24.3 Å². The van der Waals surface area contributed by atoms with Crippen LogP contribution in [0.1, 0.15) is 44.9 Å². The predicted molar refractivity (Wildman–Crippen MR) is 98.4 cm³/mol. The van der Waals surface area contributed by atoms with E-state index in [-0.39, 0.29) is 25.4 Å². The second-order valence-corrected chi connectivity index (χ2v) is 6.10. The lowest BCUT2D eigenvalue weighted by Gasteiger charge is -2.10. The largest absolute Gasteiger partial charge is 0.494 e. The summed E-state index contributed by atoms with van der Waals surface area (Å²) in [6.07, 6.45) is 3.91. The number of carbonyl (C=O) groups excluding carboxylic acids is 2. The zero-order valence-corrected chi connectivity index (χ0v) is 15.1. The molecule has 27 heavy (non-hydrogen) atoms. The number of carboxylic acid groups (broad SMARTS) is 1. The molecule has 1 aromatic rings. The molecule has 1 atom stereocenters. The van der Waals surface area contributed by atoms with E-state index in [0.717, 1.165) is 19.3 Å². The molecule has 0 bridgehead atoms. The molecule has 0 spiro atoms. The number of aliphatic carboxylic acids is 1. The van der Waals surface area contributed by atoms with Crippen LogP contribution in [-0.4, -0.2) is 40.7 Å². The van der Waals surface area contributed by atoms with Gasteiger partial charge in [-0.15, -0.1) is 0 Å². The van der Waals surface area contributed by atoms with E-state index in [4.69, 9.17) is 20.8 Å². The molecule has 0 radical (unpaired) electrons. The molecule has 2 amide bonds. The Bertz CT molecular complexity index is 606. The SMILES string of the molecule is NC(CCOc1ccc(NC(=O)CCCCCCC(=O)NO)cc1)C(=O)O. The Morgan fingerprint density at radius 2 is 1.59 bits per heavy atom. The summed E-state index contributed by atoms with van der Waals surface area (Å²) in [7, 11) is 0. The fraction of sp³-hybridized carbons (Fsp3) is 0.500. The quantitative estimate of drug-likeness (QED) is 0.198. The van der Waals surface area contributed by atoms with Gasteiger partial charge in [0.2, 0.25) is 11.8 Å². The molecule has 9 heteroatoms. The van der Waals surface area contributed by atoms with Crippen LogP contribution in [0.25, 0.3) is 0 Å². The number of hydroxylamine groups is 1. The van der Waals surface area contributed by atoms with Crippen LogP contribution in [0.15, 0.2) is 24.3 Å². The summed E-state index contributed by atoms with van der Waals surface area (Å²) < 4.78 is 5.41. The third kappa shape index (κ3) is 10.2.